The lowest BCUT2D eigenvalue weighted by Gasteiger charge is -2.42. The van der Waals surface area contributed by atoms with Crippen LogP contribution in [-0.4, -0.2) is 86.1 Å². The summed E-state index contributed by atoms with van der Waals surface area (Å²) >= 11 is 10.7. The van der Waals surface area contributed by atoms with Gasteiger partial charge in [-0.2, -0.15) is 74.6 Å². The summed E-state index contributed by atoms with van der Waals surface area (Å²) in [6.45, 7) is -0.643. The molecule has 0 radical (unpaired) electrons. The number of likely N-dealkylation sites (N-methyl/N-ethyl adjacent to an activating group) is 1. The summed E-state index contributed by atoms with van der Waals surface area (Å²) < 4.78 is 260. The lowest BCUT2D eigenvalue weighted by molar-refractivity contribution is -0.458. The summed E-state index contributed by atoms with van der Waals surface area (Å²) in [5.41, 5.74) is -0.707. The van der Waals surface area contributed by atoms with Gasteiger partial charge in [-0.15, -0.1) is 0 Å². The van der Waals surface area contributed by atoms with Crippen molar-refractivity contribution in [2.75, 3.05) is 25.1 Å². The van der Waals surface area contributed by atoms with Crippen molar-refractivity contribution in [3.63, 3.8) is 0 Å². The molecule has 0 unspecified atom stereocenters. The average molecular weight is 834 g/mol. The maximum absolute atomic E-state index is 14.5. The number of alkyl halides is 17. The number of sulfone groups is 1. The molecule has 0 bridgehead atoms. The second kappa shape index (κ2) is 13.6. The monoisotopic (exact) mass is 833 g/mol. The minimum absolute atomic E-state index is 0.0527. The van der Waals surface area contributed by atoms with Gasteiger partial charge in [0.1, 0.15) is 12.4 Å². The first-order chi connectivity index (χ1) is 22.6. The molecule has 0 aliphatic carbocycles. The molecule has 0 aliphatic heterocycles. The van der Waals surface area contributed by atoms with Crippen LogP contribution in [0.25, 0.3) is 0 Å². The Balaban J connectivity index is 2.40. The van der Waals surface area contributed by atoms with Gasteiger partial charge in [0.15, 0.2) is 0 Å². The average Bonchev–Trinajstić information content (AvgIpc) is 2.99. The minimum atomic E-state index is -8.93. The van der Waals surface area contributed by atoms with Crippen molar-refractivity contribution in [3.05, 3.63) is 53.6 Å². The molecule has 288 valence electrons. The van der Waals surface area contributed by atoms with Crippen LogP contribution in [0.4, 0.5) is 80.3 Å². The quantitative estimate of drug-likeness (QED) is 0.132. The highest BCUT2D eigenvalue weighted by atomic mass is 35.5. The van der Waals surface area contributed by atoms with Gasteiger partial charge in [0.25, 0.3) is 10.5 Å². The number of benzene rings is 2. The van der Waals surface area contributed by atoms with Crippen molar-refractivity contribution in [2.24, 2.45) is 0 Å². The van der Waals surface area contributed by atoms with Crippen molar-refractivity contribution in [1.29, 1.82) is 0 Å². The lowest BCUT2D eigenvalue weighted by Crippen LogP contribution is -2.75. The van der Waals surface area contributed by atoms with Crippen LogP contribution in [0.1, 0.15) is 20.7 Å². The largest absolute Gasteiger partial charge is 0.492 e. The molecule has 2 rings (SSSR count). The third kappa shape index (κ3) is 7.10. The Hall–Kier alpha value is -3.28. The van der Waals surface area contributed by atoms with E-state index >= 15 is 0 Å². The molecular formula is C25H14Cl2F17NO5S. The Morgan fingerprint density at radius 2 is 1.00 bits per heavy atom. The number of rotatable bonds is 15. The summed E-state index contributed by atoms with van der Waals surface area (Å²) in [6.07, 6.45) is -7.93. The maximum atomic E-state index is 14.5. The van der Waals surface area contributed by atoms with E-state index in [0.29, 0.717) is 12.1 Å². The van der Waals surface area contributed by atoms with E-state index in [1.54, 1.807) is 0 Å². The molecule has 0 saturated carbocycles. The van der Waals surface area contributed by atoms with E-state index in [0.717, 1.165) is 23.1 Å². The molecule has 0 heterocycles. The molecule has 0 aliphatic rings. The van der Waals surface area contributed by atoms with Crippen molar-refractivity contribution in [1.82, 2.24) is 0 Å². The fraction of sp³-hybridized carbons (Fsp3) is 0.440. The predicted molar refractivity (Wildman–Crippen MR) is 140 cm³/mol. The zero-order chi connectivity index (χ0) is 40.2. The van der Waals surface area contributed by atoms with Crippen LogP contribution in [0.15, 0.2) is 47.4 Å². The molecule has 0 spiro atoms. The summed E-state index contributed by atoms with van der Waals surface area (Å²) in [5.74, 6) is -52.3. The van der Waals surface area contributed by atoms with Gasteiger partial charge in [-0.3, -0.25) is 9.59 Å². The molecule has 6 nitrogen and oxygen atoms in total. The summed E-state index contributed by atoms with van der Waals surface area (Å²) in [5, 5.41) is -9.75. The Morgan fingerprint density at radius 1 is 0.627 bits per heavy atom. The number of carbonyl (C=O) groups is 2. The summed E-state index contributed by atoms with van der Waals surface area (Å²) in [7, 11) is -6.30. The van der Waals surface area contributed by atoms with Crippen LogP contribution >= 0.6 is 23.2 Å². The third-order valence-electron chi connectivity index (χ3n) is 6.67. The second-order valence-corrected chi connectivity index (χ2v) is 12.7. The molecule has 2 aromatic carbocycles. The highest BCUT2D eigenvalue weighted by molar-refractivity contribution is 7.92. The normalized spacial score (nSPS) is 14.4. The first-order valence-corrected chi connectivity index (χ1v) is 14.8. The Bertz CT molecular complexity index is 1720. The van der Waals surface area contributed by atoms with Gasteiger partial charge in [0, 0.05) is 23.9 Å². The lowest BCUT2D eigenvalue weighted by atomic mass is 9.91. The number of hydrogen-bond donors (Lipinski definition) is 0. The number of anilines is 1. The van der Waals surface area contributed by atoms with E-state index in [1.165, 1.54) is 7.05 Å². The maximum Gasteiger partial charge on any atom is 0.460 e. The van der Waals surface area contributed by atoms with Crippen molar-refractivity contribution < 1.29 is 97.4 Å². The van der Waals surface area contributed by atoms with Gasteiger partial charge < -0.3 is 9.64 Å². The smallest absolute Gasteiger partial charge is 0.460 e. The molecule has 0 amide bonds. The van der Waals surface area contributed by atoms with E-state index in [2.05, 4.69) is 0 Å². The van der Waals surface area contributed by atoms with Gasteiger partial charge >= 0.3 is 47.0 Å². The molecular weight excluding hydrogens is 820 g/mol. The summed E-state index contributed by atoms with van der Waals surface area (Å²) in [6, 6.07) is 4.01. The molecule has 26 heteroatoms. The van der Waals surface area contributed by atoms with E-state index < -0.39 is 72.2 Å². The van der Waals surface area contributed by atoms with E-state index in [1.807, 2.05) is 0 Å². The first-order valence-electron chi connectivity index (χ1n) is 12.5. The van der Waals surface area contributed by atoms with Crippen LogP contribution in [0, 0.1) is 0 Å². The van der Waals surface area contributed by atoms with Gasteiger partial charge in [-0.1, -0.05) is 0 Å². The van der Waals surface area contributed by atoms with Crippen LogP contribution in [0.3, 0.4) is 0 Å². The molecule has 2 aromatic rings. The predicted octanol–water partition coefficient (Wildman–Crippen LogP) is 8.70. The first kappa shape index (κ1) is 43.9. The molecule has 51 heavy (non-hydrogen) atoms. The van der Waals surface area contributed by atoms with E-state index in [4.69, 9.17) is 27.9 Å². The van der Waals surface area contributed by atoms with Gasteiger partial charge in [0.2, 0.25) is 9.84 Å². The molecule has 0 saturated heterocycles. The standard InChI is InChI=1S/C25H14Cl2F17NO5S/c1-45(6-7-50-14-9-11(16(26)46)8-12(10-14)17(27)47)13-2-4-15(5-3-13)51(48,49)25(43,44)23(38,39)21(34,35)19(30,31)18(28,29)20(32,33)22(36,37)24(40,41)42/h2-5,8-10H,6-7H2,1H3. The Morgan fingerprint density at radius 3 is 1.37 bits per heavy atom. The van der Waals surface area contributed by atoms with Crippen molar-refractivity contribution in [3.8, 4) is 5.75 Å². The van der Waals surface area contributed by atoms with E-state index in [9.17, 15) is 92.6 Å². The Labute approximate surface area is 282 Å². The van der Waals surface area contributed by atoms with E-state index in [-0.39, 0.29) is 47.8 Å². The van der Waals surface area contributed by atoms with Crippen LogP contribution in [-0.2, 0) is 9.84 Å². The van der Waals surface area contributed by atoms with Gasteiger partial charge in [0.05, 0.1) is 11.4 Å². The molecule has 0 aromatic heterocycles. The fourth-order valence-electron chi connectivity index (χ4n) is 3.68. The minimum Gasteiger partial charge on any atom is -0.492 e. The highest BCUT2D eigenvalue weighted by Gasteiger charge is 2.96. The highest BCUT2D eigenvalue weighted by Crippen LogP contribution is 2.64. The number of ether oxygens (including phenoxy) is 1. The van der Waals surface area contributed by atoms with Crippen molar-refractivity contribution in [2.45, 2.75) is 51.9 Å². The summed E-state index contributed by atoms with van der Waals surface area (Å²) in [4.78, 5) is 21.8. The number of hydrogen-bond acceptors (Lipinski definition) is 6. The number of halogens is 19. The topological polar surface area (TPSA) is 80.8 Å². The van der Waals surface area contributed by atoms with Crippen LogP contribution < -0.4 is 9.64 Å². The SMILES string of the molecule is CN(CCOc1cc(C(=O)Cl)cc(C(=O)Cl)c1)c1ccc(S(=O)(=O)C(F)(F)C(F)(F)C(F)(F)C(F)(F)C(F)(F)C(F)(F)C(F)(F)C(F)(F)F)cc1. The van der Waals surface area contributed by atoms with Crippen molar-refractivity contribution >= 4 is 49.2 Å². The third-order valence-corrected chi connectivity index (χ3v) is 8.93. The molecule has 0 atom stereocenters. The van der Waals surface area contributed by atoms with Crippen LogP contribution in [0.2, 0.25) is 0 Å². The zero-order valence-corrected chi connectivity index (χ0v) is 26.4. The number of carbonyl (C=O) groups excluding carboxylic acids is 2. The Kier molecular flexibility index (Phi) is 11.7. The van der Waals surface area contributed by atoms with Gasteiger partial charge in [-0.05, 0) is 65.7 Å². The molecule has 0 fully saturated rings. The van der Waals surface area contributed by atoms with Crippen LogP contribution in [0.5, 0.6) is 5.75 Å². The second-order valence-electron chi connectivity index (χ2n) is 10.0. The number of nitrogens with zero attached hydrogens (tertiary/aromatic N) is 1. The fourth-order valence-corrected chi connectivity index (χ4v) is 5.16. The zero-order valence-electron chi connectivity index (χ0n) is 24.0. The van der Waals surface area contributed by atoms with Gasteiger partial charge in [-0.25, -0.2) is 8.42 Å². The molecule has 0 N–H and O–H groups in total.